The van der Waals surface area contributed by atoms with Gasteiger partial charge in [0, 0.05) is 30.7 Å². The zero-order chi connectivity index (χ0) is 16.2. The Morgan fingerprint density at radius 1 is 1.35 bits per heavy atom. The quantitative estimate of drug-likeness (QED) is 0.890. The normalized spacial score (nSPS) is 17.3. The van der Waals surface area contributed by atoms with Crippen LogP contribution in [0.15, 0.2) is 47.1 Å². The molecule has 0 saturated carbocycles. The van der Waals surface area contributed by atoms with E-state index in [4.69, 9.17) is 0 Å². The maximum atomic E-state index is 12.2. The number of hydrogen-bond acceptors (Lipinski definition) is 3. The van der Waals surface area contributed by atoms with Gasteiger partial charge in [0.15, 0.2) is 0 Å². The van der Waals surface area contributed by atoms with Gasteiger partial charge < -0.3 is 10.2 Å². The van der Waals surface area contributed by atoms with Crippen LogP contribution in [-0.4, -0.2) is 30.0 Å². The molecule has 0 spiro atoms. The van der Waals surface area contributed by atoms with E-state index in [0.29, 0.717) is 6.42 Å². The van der Waals surface area contributed by atoms with Crippen LogP contribution in [0.5, 0.6) is 0 Å². The smallest absolute Gasteiger partial charge is 0.224 e. The van der Waals surface area contributed by atoms with Gasteiger partial charge in [-0.2, -0.15) is 0 Å². The molecule has 1 saturated heterocycles. The number of pyridine rings is 1. The van der Waals surface area contributed by atoms with E-state index in [1.807, 2.05) is 43.5 Å². The lowest BCUT2D eigenvalue weighted by Gasteiger charge is -2.18. The van der Waals surface area contributed by atoms with Crippen molar-refractivity contribution in [2.75, 3.05) is 18.0 Å². The van der Waals surface area contributed by atoms with Crippen LogP contribution in [0.1, 0.15) is 19.1 Å². The number of anilines is 1. The Morgan fingerprint density at radius 2 is 2.13 bits per heavy atom. The van der Waals surface area contributed by atoms with Crippen LogP contribution >= 0.6 is 15.9 Å². The maximum absolute atomic E-state index is 12.2. The molecular weight excluding hydrogens is 354 g/mol. The lowest BCUT2D eigenvalue weighted by Crippen LogP contribution is -2.38. The second-order valence-electron chi connectivity index (χ2n) is 5.96. The fraction of sp³-hybridized carbons (Fsp3) is 0.333. The van der Waals surface area contributed by atoms with Crippen LogP contribution in [0.4, 0.5) is 5.69 Å². The van der Waals surface area contributed by atoms with Crippen LogP contribution in [0.2, 0.25) is 0 Å². The summed E-state index contributed by atoms with van der Waals surface area (Å²) < 4.78 is 1.03. The minimum atomic E-state index is 0. The molecule has 1 aliphatic rings. The van der Waals surface area contributed by atoms with Gasteiger partial charge in [-0.25, -0.2) is 0 Å². The SMILES string of the molecule is Cc1ccc(N2CC[C@@H](NC(=O)Cc3ccc(Br)cc3)C2)cn1.[HH]. The minimum absolute atomic E-state index is 0. The summed E-state index contributed by atoms with van der Waals surface area (Å²) >= 11 is 3.40. The molecule has 2 aromatic rings. The number of amides is 1. The van der Waals surface area contributed by atoms with Gasteiger partial charge in [-0.3, -0.25) is 9.78 Å². The number of aromatic nitrogens is 1. The number of carbonyl (C=O) groups excluding carboxylic acids is 1. The van der Waals surface area contributed by atoms with Gasteiger partial charge in [0.2, 0.25) is 5.91 Å². The Kier molecular flexibility index (Phi) is 4.96. The molecule has 0 radical (unpaired) electrons. The Balaban J connectivity index is 0.00000208. The van der Waals surface area contributed by atoms with Crippen LogP contribution in [-0.2, 0) is 11.2 Å². The van der Waals surface area contributed by atoms with Crippen molar-refractivity contribution in [1.29, 1.82) is 0 Å². The molecule has 1 N–H and O–H groups in total. The van der Waals surface area contributed by atoms with E-state index in [0.717, 1.165) is 40.9 Å². The second kappa shape index (κ2) is 7.13. The third kappa shape index (κ3) is 4.32. The summed E-state index contributed by atoms with van der Waals surface area (Å²) in [4.78, 5) is 18.8. The van der Waals surface area contributed by atoms with Gasteiger partial charge >= 0.3 is 0 Å². The number of halogens is 1. The van der Waals surface area contributed by atoms with Gasteiger partial charge in [0.25, 0.3) is 0 Å². The van der Waals surface area contributed by atoms with Crippen molar-refractivity contribution >= 4 is 27.5 Å². The average molecular weight is 376 g/mol. The van der Waals surface area contributed by atoms with E-state index in [1.165, 1.54) is 0 Å². The first kappa shape index (κ1) is 16.0. The molecule has 0 aliphatic carbocycles. The molecule has 0 bridgehead atoms. The molecule has 1 atom stereocenters. The Labute approximate surface area is 146 Å². The molecule has 5 heteroatoms. The van der Waals surface area contributed by atoms with E-state index in [9.17, 15) is 4.79 Å². The molecule has 1 amide bonds. The molecule has 0 unspecified atom stereocenters. The van der Waals surface area contributed by atoms with Crippen molar-refractivity contribution in [3.05, 3.63) is 58.3 Å². The molecule has 3 rings (SSSR count). The first-order chi connectivity index (χ1) is 11.1. The van der Waals surface area contributed by atoms with E-state index in [-0.39, 0.29) is 13.4 Å². The summed E-state index contributed by atoms with van der Waals surface area (Å²) in [7, 11) is 0. The third-order valence-corrected chi connectivity index (χ3v) is 4.62. The molecular formula is C18H22BrN3O. The van der Waals surface area contributed by atoms with Gasteiger partial charge in [-0.05, 0) is 43.2 Å². The summed E-state index contributed by atoms with van der Waals surface area (Å²) in [6, 6.07) is 12.2. The second-order valence-corrected chi connectivity index (χ2v) is 6.88. The first-order valence-corrected chi connectivity index (χ1v) is 8.61. The molecule has 1 aliphatic heterocycles. The Hall–Kier alpha value is -1.88. The minimum Gasteiger partial charge on any atom is -0.368 e. The third-order valence-electron chi connectivity index (χ3n) is 4.09. The van der Waals surface area contributed by atoms with Gasteiger partial charge in [-0.15, -0.1) is 0 Å². The van der Waals surface area contributed by atoms with Crippen LogP contribution < -0.4 is 10.2 Å². The number of benzene rings is 1. The zero-order valence-corrected chi connectivity index (χ0v) is 14.7. The predicted molar refractivity (Wildman–Crippen MR) is 97.7 cm³/mol. The molecule has 2 heterocycles. The van der Waals surface area contributed by atoms with Crippen molar-refractivity contribution < 1.29 is 6.22 Å². The van der Waals surface area contributed by atoms with Crippen molar-refractivity contribution in [2.24, 2.45) is 0 Å². The highest BCUT2D eigenvalue weighted by atomic mass is 79.9. The Bertz CT molecular complexity index is 676. The highest BCUT2D eigenvalue weighted by Gasteiger charge is 2.24. The van der Waals surface area contributed by atoms with Crippen LogP contribution in [0.25, 0.3) is 0 Å². The summed E-state index contributed by atoms with van der Waals surface area (Å²) in [6.07, 6.45) is 3.30. The summed E-state index contributed by atoms with van der Waals surface area (Å²) in [5.41, 5.74) is 3.18. The molecule has 1 aromatic carbocycles. The van der Waals surface area contributed by atoms with Crippen molar-refractivity contribution in [2.45, 2.75) is 25.8 Å². The topological polar surface area (TPSA) is 45.2 Å². The van der Waals surface area contributed by atoms with Gasteiger partial charge in [0.1, 0.15) is 0 Å². The standard InChI is InChI=1S/C18H20BrN3O.H2/c1-13-2-7-17(11-20-13)22-9-8-16(12-22)21-18(23)10-14-3-5-15(19)6-4-14;/h2-7,11,16H,8-10,12H2,1H3,(H,21,23);1H/t16-;/m1./s1. The predicted octanol–water partition coefficient (Wildman–Crippen LogP) is 3.34. The molecule has 1 aromatic heterocycles. The van der Waals surface area contributed by atoms with E-state index >= 15 is 0 Å². The lowest BCUT2D eigenvalue weighted by molar-refractivity contribution is -0.121. The number of nitrogens with one attached hydrogen (secondary N) is 1. The summed E-state index contributed by atoms with van der Waals surface area (Å²) in [5, 5.41) is 3.14. The van der Waals surface area contributed by atoms with Crippen molar-refractivity contribution in [3.8, 4) is 0 Å². The van der Waals surface area contributed by atoms with Crippen molar-refractivity contribution in [1.82, 2.24) is 10.3 Å². The zero-order valence-electron chi connectivity index (χ0n) is 13.1. The summed E-state index contributed by atoms with van der Waals surface area (Å²) in [6.45, 7) is 3.78. The molecule has 1 fully saturated rings. The number of carbonyl (C=O) groups is 1. The maximum Gasteiger partial charge on any atom is 0.224 e. The van der Waals surface area contributed by atoms with Crippen molar-refractivity contribution in [3.63, 3.8) is 0 Å². The van der Waals surface area contributed by atoms with E-state index in [1.54, 1.807) is 0 Å². The monoisotopic (exact) mass is 375 g/mol. The number of aryl methyl sites for hydroxylation is 1. The lowest BCUT2D eigenvalue weighted by atomic mass is 10.1. The van der Waals surface area contributed by atoms with Gasteiger partial charge in [0.05, 0.1) is 18.3 Å². The number of hydrogen-bond donors (Lipinski definition) is 1. The molecule has 122 valence electrons. The largest absolute Gasteiger partial charge is 0.368 e. The van der Waals surface area contributed by atoms with Gasteiger partial charge in [-0.1, -0.05) is 28.1 Å². The van der Waals surface area contributed by atoms with Crippen LogP contribution in [0.3, 0.4) is 0 Å². The highest BCUT2D eigenvalue weighted by Crippen LogP contribution is 2.19. The van der Waals surface area contributed by atoms with E-state index in [2.05, 4.69) is 37.2 Å². The van der Waals surface area contributed by atoms with Crippen LogP contribution in [0, 0.1) is 6.92 Å². The molecule has 23 heavy (non-hydrogen) atoms. The highest BCUT2D eigenvalue weighted by molar-refractivity contribution is 9.10. The number of nitrogens with zero attached hydrogens (tertiary/aromatic N) is 2. The average Bonchev–Trinajstić information content (AvgIpc) is 2.98. The number of rotatable bonds is 4. The molecule has 4 nitrogen and oxygen atoms in total. The Morgan fingerprint density at radius 3 is 2.83 bits per heavy atom. The fourth-order valence-electron chi connectivity index (χ4n) is 2.83. The summed E-state index contributed by atoms with van der Waals surface area (Å²) in [5.74, 6) is 0.0844. The van der Waals surface area contributed by atoms with E-state index < -0.39 is 0 Å². The first-order valence-electron chi connectivity index (χ1n) is 7.81. The fourth-order valence-corrected chi connectivity index (χ4v) is 3.09.